The summed E-state index contributed by atoms with van der Waals surface area (Å²) in [6.45, 7) is 1.91. The highest BCUT2D eigenvalue weighted by Gasteiger charge is 2.45. The van der Waals surface area contributed by atoms with E-state index in [4.69, 9.17) is 21.6 Å². The van der Waals surface area contributed by atoms with Gasteiger partial charge in [-0.1, -0.05) is 23.7 Å². The Morgan fingerprint density at radius 2 is 2.22 bits per heavy atom. The van der Waals surface area contributed by atoms with Crippen LogP contribution in [0.1, 0.15) is 24.8 Å². The molecule has 4 heteroatoms. The molecule has 18 heavy (non-hydrogen) atoms. The molecule has 0 radical (unpaired) electrons. The first-order valence-corrected chi connectivity index (χ1v) is 6.31. The molecule has 3 unspecified atom stereocenters. The van der Waals surface area contributed by atoms with Crippen LogP contribution in [0.3, 0.4) is 0 Å². The van der Waals surface area contributed by atoms with Crippen molar-refractivity contribution in [2.75, 3.05) is 6.61 Å². The lowest BCUT2D eigenvalue weighted by molar-refractivity contribution is -0.146. The molecule has 1 aliphatic rings. The number of ether oxygens (including phenoxy) is 1. The van der Waals surface area contributed by atoms with Gasteiger partial charge in [0, 0.05) is 5.02 Å². The van der Waals surface area contributed by atoms with E-state index in [1.807, 2.05) is 30.3 Å². The molecule has 1 aromatic carbocycles. The van der Waals surface area contributed by atoms with Gasteiger partial charge < -0.3 is 4.74 Å². The molecule has 1 aliphatic carbocycles. The van der Waals surface area contributed by atoms with Crippen LogP contribution in [-0.2, 0) is 9.53 Å². The molecule has 3 nitrogen and oxygen atoms in total. The standard InChI is InChI=1S/C14H14ClNO2/c1-9(7-16)8-18-14(17)13-6-12(13)10-2-4-11(15)5-3-10/h2-5,9,12-13H,6,8H2,1H3. The molecule has 1 aromatic rings. The lowest BCUT2D eigenvalue weighted by Gasteiger charge is -2.05. The van der Waals surface area contributed by atoms with E-state index in [9.17, 15) is 4.79 Å². The molecule has 0 saturated heterocycles. The second-order valence-electron chi connectivity index (χ2n) is 4.66. The highest BCUT2D eigenvalue weighted by molar-refractivity contribution is 6.30. The van der Waals surface area contributed by atoms with Gasteiger partial charge in [0.15, 0.2) is 0 Å². The summed E-state index contributed by atoms with van der Waals surface area (Å²) in [5.74, 6) is -0.261. The first-order chi connectivity index (χ1) is 8.61. The minimum Gasteiger partial charge on any atom is -0.464 e. The minimum atomic E-state index is -0.248. The van der Waals surface area contributed by atoms with Crippen LogP contribution >= 0.6 is 11.6 Å². The number of nitrogens with zero attached hydrogens (tertiary/aromatic N) is 1. The molecule has 0 N–H and O–H groups in total. The van der Waals surface area contributed by atoms with Crippen molar-refractivity contribution in [3.05, 3.63) is 34.9 Å². The van der Waals surface area contributed by atoms with Crippen molar-refractivity contribution >= 4 is 17.6 Å². The number of esters is 1. The zero-order valence-corrected chi connectivity index (χ0v) is 10.9. The van der Waals surface area contributed by atoms with E-state index in [1.54, 1.807) is 6.92 Å². The Hall–Kier alpha value is -1.53. The Labute approximate surface area is 111 Å². The second-order valence-corrected chi connectivity index (χ2v) is 5.10. The van der Waals surface area contributed by atoms with Crippen molar-refractivity contribution in [3.63, 3.8) is 0 Å². The van der Waals surface area contributed by atoms with Gasteiger partial charge in [-0.15, -0.1) is 0 Å². The van der Waals surface area contributed by atoms with Crippen LogP contribution in [0.4, 0.5) is 0 Å². The van der Waals surface area contributed by atoms with Gasteiger partial charge in [0.25, 0.3) is 0 Å². The fourth-order valence-electron chi connectivity index (χ4n) is 1.89. The molecule has 0 aromatic heterocycles. The lowest BCUT2D eigenvalue weighted by atomic mass is 10.1. The van der Waals surface area contributed by atoms with E-state index >= 15 is 0 Å². The van der Waals surface area contributed by atoms with Gasteiger partial charge in [0.1, 0.15) is 6.61 Å². The number of rotatable bonds is 4. The van der Waals surface area contributed by atoms with Crippen LogP contribution in [0.15, 0.2) is 24.3 Å². The number of carbonyl (C=O) groups excluding carboxylic acids is 1. The van der Waals surface area contributed by atoms with Gasteiger partial charge in [0.2, 0.25) is 0 Å². The second kappa shape index (κ2) is 5.41. The number of halogens is 1. The van der Waals surface area contributed by atoms with E-state index < -0.39 is 0 Å². The quantitative estimate of drug-likeness (QED) is 0.784. The van der Waals surface area contributed by atoms with E-state index in [1.165, 1.54) is 0 Å². The Balaban J connectivity index is 1.85. The average molecular weight is 264 g/mol. The van der Waals surface area contributed by atoms with Gasteiger partial charge in [0.05, 0.1) is 17.9 Å². The van der Waals surface area contributed by atoms with Crippen LogP contribution in [0, 0.1) is 23.2 Å². The summed E-state index contributed by atoms with van der Waals surface area (Å²) in [6, 6.07) is 9.58. The zero-order valence-electron chi connectivity index (χ0n) is 10.1. The molecular formula is C14H14ClNO2. The highest BCUT2D eigenvalue weighted by Crippen LogP contribution is 2.48. The molecule has 0 spiro atoms. The van der Waals surface area contributed by atoms with Crippen LogP contribution in [0.5, 0.6) is 0 Å². The summed E-state index contributed by atoms with van der Waals surface area (Å²) in [5, 5.41) is 9.30. The number of benzene rings is 1. The predicted molar refractivity (Wildman–Crippen MR) is 68.0 cm³/mol. The SMILES string of the molecule is CC(C#N)COC(=O)C1CC1c1ccc(Cl)cc1. The topological polar surface area (TPSA) is 50.1 Å². The summed E-state index contributed by atoms with van der Waals surface area (Å²) in [5.41, 5.74) is 1.12. The van der Waals surface area contributed by atoms with Crippen molar-refractivity contribution in [2.45, 2.75) is 19.3 Å². The van der Waals surface area contributed by atoms with Gasteiger partial charge in [-0.2, -0.15) is 5.26 Å². The summed E-state index contributed by atoms with van der Waals surface area (Å²) in [6.07, 6.45) is 0.821. The van der Waals surface area contributed by atoms with Crippen molar-refractivity contribution in [1.29, 1.82) is 5.26 Å². The van der Waals surface area contributed by atoms with Gasteiger partial charge in [-0.05, 0) is 37.0 Å². The molecule has 2 rings (SSSR count). The predicted octanol–water partition coefficient (Wildman–Crippen LogP) is 3.15. The van der Waals surface area contributed by atoms with Crippen LogP contribution < -0.4 is 0 Å². The number of hydrogen-bond donors (Lipinski definition) is 0. The smallest absolute Gasteiger partial charge is 0.309 e. The molecule has 3 atom stereocenters. The number of nitriles is 1. The monoisotopic (exact) mass is 263 g/mol. The average Bonchev–Trinajstić information content (AvgIpc) is 3.16. The van der Waals surface area contributed by atoms with Gasteiger partial charge >= 0.3 is 5.97 Å². The van der Waals surface area contributed by atoms with Gasteiger partial charge in [-0.25, -0.2) is 0 Å². The number of hydrogen-bond acceptors (Lipinski definition) is 3. The van der Waals surface area contributed by atoms with E-state index in [-0.39, 0.29) is 30.3 Å². The summed E-state index contributed by atoms with van der Waals surface area (Å²) < 4.78 is 5.11. The minimum absolute atomic E-state index is 0.0583. The van der Waals surface area contributed by atoms with Crippen LogP contribution in [0.2, 0.25) is 5.02 Å². The maximum absolute atomic E-state index is 11.7. The zero-order chi connectivity index (χ0) is 13.1. The summed E-state index contributed by atoms with van der Waals surface area (Å²) in [7, 11) is 0. The molecule has 0 heterocycles. The van der Waals surface area contributed by atoms with Crippen LogP contribution in [0.25, 0.3) is 0 Å². The Kier molecular flexibility index (Phi) is 3.88. The first-order valence-electron chi connectivity index (χ1n) is 5.93. The molecular weight excluding hydrogens is 250 g/mol. The fourth-order valence-corrected chi connectivity index (χ4v) is 2.01. The van der Waals surface area contributed by atoms with Crippen LogP contribution in [-0.4, -0.2) is 12.6 Å². The lowest BCUT2D eigenvalue weighted by Crippen LogP contribution is -2.12. The summed E-state index contributed by atoms with van der Waals surface area (Å²) >= 11 is 5.81. The third-order valence-electron chi connectivity index (χ3n) is 3.09. The Bertz CT molecular complexity index is 478. The Morgan fingerprint density at radius 1 is 1.56 bits per heavy atom. The van der Waals surface area contributed by atoms with E-state index in [0.717, 1.165) is 12.0 Å². The van der Waals surface area contributed by atoms with Crippen molar-refractivity contribution in [2.24, 2.45) is 11.8 Å². The largest absolute Gasteiger partial charge is 0.464 e. The maximum Gasteiger partial charge on any atom is 0.309 e. The Morgan fingerprint density at radius 3 is 2.83 bits per heavy atom. The normalized spacial score (nSPS) is 22.9. The maximum atomic E-state index is 11.7. The molecule has 0 amide bonds. The van der Waals surface area contributed by atoms with Crippen molar-refractivity contribution < 1.29 is 9.53 Å². The van der Waals surface area contributed by atoms with E-state index in [2.05, 4.69) is 0 Å². The fraction of sp³-hybridized carbons (Fsp3) is 0.429. The van der Waals surface area contributed by atoms with Crippen molar-refractivity contribution in [3.8, 4) is 6.07 Å². The third-order valence-corrected chi connectivity index (χ3v) is 3.34. The number of carbonyl (C=O) groups is 1. The molecule has 1 saturated carbocycles. The molecule has 0 aliphatic heterocycles. The molecule has 0 bridgehead atoms. The van der Waals surface area contributed by atoms with Gasteiger partial charge in [-0.3, -0.25) is 4.79 Å². The molecule has 94 valence electrons. The van der Waals surface area contributed by atoms with Crippen molar-refractivity contribution in [1.82, 2.24) is 0 Å². The highest BCUT2D eigenvalue weighted by atomic mass is 35.5. The van der Waals surface area contributed by atoms with E-state index in [0.29, 0.717) is 5.02 Å². The first kappa shape index (κ1) is 12.9. The summed E-state index contributed by atoms with van der Waals surface area (Å²) in [4.78, 5) is 11.7. The molecule has 1 fully saturated rings. The third kappa shape index (κ3) is 3.02.